The minimum absolute atomic E-state index is 0.239. The Morgan fingerprint density at radius 1 is 1.33 bits per heavy atom. The van der Waals surface area contributed by atoms with E-state index in [0.29, 0.717) is 23.6 Å². The zero-order chi connectivity index (χ0) is 15.1. The van der Waals surface area contributed by atoms with E-state index in [1.54, 1.807) is 18.2 Å². The first-order valence-corrected chi connectivity index (χ1v) is 7.52. The minimum atomic E-state index is -0.245. The molecule has 21 heavy (non-hydrogen) atoms. The molecule has 5 heteroatoms. The van der Waals surface area contributed by atoms with Crippen LogP contribution >= 0.6 is 0 Å². The third-order valence-corrected chi connectivity index (χ3v) is 3.63. The van der Waals surface area contributed by atoms with Gasteiger partial charge in [-0.3, -0.25) is 4.79 Å². The quantitative estimate of drug-likeness (QED) is 0.817. The minimum Gasteiger partial charge on any atom is -0.492 e. The number of anilines is 1. The molecule has 0 aliphatic heterocycles. The van der Waals surface area contributed by atoms with Gasteiger partial charge in [-0.2, -0.15) is 0 Å². The van der Waals surface area contributed by atoms with E-state index in [4.69, 9.17) is 4.74 Å². The maximum absolute atomic E-state index is 12.1. The predicted molar refractivity (Wildman–Crippen MR) is 82.0 cm³/mol. The molecule has 5 nitrogen and oxygen atoms in total. The van der Waals surface area contributed by atoms with Crippen LogP contribution in [-0.2, 0) is 0 Å². The van der Waals surface area contributed by atoms with Gasteiger partial charge in [-0.05, 0) is 38.0 Å². The van der Waals surface area contributed by atoms with Crippen LogP contribution in [0.1, 0.15) is 49.4 Å². The Hall–Kier alpha value is -2.04. The Balaban J connectivity index is 2.02. The summed E-state index contributed by atoms with van der Waals surface area (Å²) < 4.78 is 5.47. The smallest absolute Gasteiger partial charge is 0.319 e. The van der Waals surface area contributed by atoms with Crippen molar-refractivity contribution in [2.45, 2.75) is 45.1 Å². The van der Waals surface area contributed by atoms with Crippen molar-refractivity contribution in [3.63, 3.8) is 0 Å². The number of amides is 2. The van der Waals surface area contributed by atoms with Crippen LogP contribution in [0, 0.1) is 0 Å². The van der Waals surface area contributed by atoms with E-state index in [0.717, 1.165) is 32.0 Å². The molecule has 2 rings (SSSR count). The van der Waals surface area contributed by atoms with Crippen LogP contribution in [0.5, 0.6) is 5.75 Å². The predicted octanol–water partition coefficient (Wildman–Crippen LogP) is 3.35. The molecule has 0 radical (unpaired) electrons. The zero-order valence-electron chi connectivity index (χ0n) is 12.4. The number of hydrogen-bond acceptors (Lipinski definition) is 3. The Morgan fingerprint density at radius 2 is 2.10 bits per heavy atom. The molecule has 1 aliphatic carbocycles. The molecule has 0 heterocycles. The Labute approximate surface area is 125 Å². The van der Waals surface area contributed by atoms with E-state index in [1.165, 1.54) is 6.42 Å². The molecule has 0 bridgehead atoms. The lowest BCUT2D eigenvalue weighted by molar-refractivity contribution is 0.112. The molecule has 2 N–H and O–H groups in total. The third kappa shape index (κ3) is 4.48. The van der Waals surface area contributed by atoms with E-state index >= 15 is 0 Å². The second-order valence-electron chi connectivity index (χ2n) is 5.24. The lowest BCUT2D eigenvalue weighted by Gasteiger charge is -2.23. The average molecular weight is 290 g/mol. The van der Waals surface area contributed by atoms with Gasteiger partial charge in [0.25, 0.3) is 0 Å². The van der Waals surface area contributed by atoms with E-state index in [-0.39, 0.29) is 12.1 Å². The highest BCUT2D eigenvalue weighted by atomic mass is 16.5. The number of benzene rings is 1. The molecule has 1 fully saturated rings. The second kappa shape index (κ2) is 7.67. The molecular formula is C16H22N2O3. The lowest BCUT2D eigenvalue weighted by Crippen LogP contribution is -2.39. The molecule has 0 aromatic heterocycles. The summed E-state index contributed by atoms with van der Waals surface area (Å²) in [6, 6.07) is 4.99. The number of aldehydes is 1. The Morgan fingerprint density at radius 3 is 2.76 bits per heavy atom. The molecule has 1 saturated carbocycles. The molecule has 2 amide bonds. The highest BCUT2D eigenvalue weighted by Crippen LogP contribution is 2.25. The second-order valence-corrected chi connectivity index (χ2v) is 5.24. The van der Waals surface area contributed by atoms with Gasteiger partial charge in [0.1, 0.15) is 12.0 Å². The van der Waals surface area contributed by atoms with Crippen LogP contribution in [0.2, 0.25) is 0 Å². The standard InChI is InChI=1S/C16H22N2O3/c1-2-21-15-9-8-12(11-19)10-14(15)18-16(20)17-13-6-4-3-5-7-13/h8-11,13H,2-7H2,1H3,(H2,17,18,20). The lowest BCUT2D eigenvalue weighted by atomic mass is 9.96. The normalized spacial score (nSPS) is 15.3. The van der Waals surface area contributed by atoms with Gasteiger partial charge in [-0.15, -0.1) is 0 Å². The van der Waals surface area contributed by atoms with Crippen molar-refractivity contribution < 1.29 is 14.3 Å². The summed E-state index contributed by atoms with van der Waals surface area (Å²) in [4.78, 5) is 22.9. The number of hydrogen-bond donors (Lipinski definition) is 2. The third-order valence-electron chi connectivity index (χ3n) is 3.63. The van der Waals surface area contributed by atoms with Crippen LogP contribution in [0.3, 0.4) is 0 Å². The van der Waals surface area contributed by atoms with Gasteiger partial charge in [0.2, 0.25) is 0 Å². The van der Waals surface area contributed by atoms with Gasteiger partial charge in [0.05, 0.1) is 12.3 Å². The summed E-state index contributed by atoms with van der Waals surface area (Å²) in [5.41, 5.74) is 1.03. The van der Waals surface area contributed by atoms with Gasteiger partial charge in [-0.1, -0.05) is 19.3 Å². The number of urea groups is 1. The van der Waals surface area contributed by atoms with Crippen molar-refractivity contribution in [1.29, 1.82) is 0 Å². The first kappa shape index (κ1) is 15.4. The monoisotopic (exact) mass is 290 g/mol. The summed E-state index contributed by atoms with van der Waals surface area (Å²) >= 11 is 0. The van der Waals surface area contributed by atoms with E-state index in [2.05, 4.69) is 10.6 Å². The number of rotatable bonds is 5. The van der Waals surface area contributed by atoms with Crippen molar-refractivity contribution in [3.8, 4) is 5.75 Å². The maximum Gasteiger partial charge on any atom is 0.319 e. The molecule has 1 aromatic rings. The van der Waals surface area contributed by atoms with Gasteiger partial charge >= 0.3 is 6.03 Å². The number of ether oxygens (including phenoxy) is 1. The molecule has 0 unspecified atom stereocenters. The zero-order valence-corrected chi connectivity index (χ0v) is 12.4. The fourth-order valence-corrected chi connectivity index (χ4v) is 2.59. The van der Waals surface area contributed by atoms with Crippen molar-refractivity contribution >= 4 is 18.0 Å². The molecule has 0 spiro atoms. The Kier molecular flexibility index (Phi) is 5.60. The summed E-state index contributed by atoms with van der Waals surface area (Å²) in [7, 11) is 0. The van der Waals surface area contributed by atoms with Crippen LogP contribution in [0.25, 0.3) is 0 Å². The van der Waals surface area contributed by atoms with Gasteiger partial charge in [0.15, 0.2) is 0 Å². The molecule has 1 aromatic carbocycles. The topological polar surface area (TPSA) is 67.4 Å². The molecule has 114 valence electrons. The SMILES string of the molecule is CCOc1ccc(C=O)cc1NC(=O)NC1CCCCC1. The van der Waals surface area contributed by atoms with Crippen LogP contribution < -0.4 is 15.4 Å². The highest BCUT2D eigenvalue weighted by molar-refractivity contribution is 5.92. The molecule has 0 atom stereocenters. The maximum atomic E-state index is 12.1. The van der Waals surface area contributed by atoms with Crippen LogP contribution in [-0.4, -0.2) is 25.0 Å². The number of carbonyl (C=O) groups excluding carboxylic acids is 2. The summed E-state index contributed by atoms with van der Waals surface area (Å²) in [5, 5.41) is 5.76. The summed E-state index contributed by atoms with van der Waals surface area (Å²) in [5.74, 6) is 0.571. The fraction of sp³-hybridized carbons (Fsp3) is 0.500. The van der Waals surface area contributed by atoms with Crippen molar-refractivity contribution in [3.05, 3.63) is 23.8 Å². The fourth-order valence-electron chi connectivity index (χ4n) is 2.59. The van der Waals surface area contributed by atoms with Gasteiger partial charge in [-0.25, -0.2) is 4.79 Å². The molecule has 0 saturated heterocycles. The molecule has 1 aliphatic rings. The number of nitrogens with one attached hydrogen (secondary N) is 2. The van der Waals surface area contributed by atoms with Crippen LogP contribution in [0.15, 0.2) is 18.2 Å². The van der Waals surface area contributed by atoms with Crippen molar-refractivity contribution in [2.24, 2.45) is 0 Å². The first-order chi connectivity index (χ1) is 10.2. The van der Waals surface area contributed by atoms with E-state index in [1.807, 2.05) is 6.92 Å². The molecular weight excluding hydrogens is 268 g/mol. The number of carbonyl (C=O) groups is 2. The van der Waals surface area contributed by atoms with Gasteiger partial charge < -0.3 is 15.4 Å². The van der Waals surface area contributed by atoms with E-state index in [9.17, 15) is 9.59 Å². The van der Waals surface area contributed by atoms with Crippen LogP contribution in [0.4, 0.5) is 10.5 Å². The summed E-state index contributed by atoms with van der Waals surface area (Å²) in [6.45, 7) is 2.37. The van der Waals surface area contributed by atoms with E-state index < -0.39 is 0 Å². The largest absolute Gasteiger partial charge is 0.492 e. The van der Waals surface area contributed by atoms with Crippen molar-refractivity contribution in [1.82, 2.24) is 5.32 Å². The van der Waals surface area contributed by atoms with Gasteiger partial charge in [0, 0.05) is 11.6 Å². The average Bonchev–Trinajstić information content (AvgIpc) is 2.50. The van der Waals surface area contributed by atoms with Crippen molar-refractivity contribution in [2.75, 3.05) is 11.9 Å². The highest BCUT2D eigenvalue weighted by Gasteiger charge is 2.16. The Bertz CT molecular complexity index is 496. The summed E-state index contributed by atoms with van der Waals surface area (Å²) in [6.07, 6.45) is 6.38. The first-order valence-electron chi connectivity index (χ1n) is 7.52.